The predicted octanol–water partition coefficient (Wildman–Crippen LogP) is 7.70. The molecule has 0 saturated carbocycles. The quantitative estimate of drug-likeness (QED) is 0.276. The van der Waals surface area contributed by atoms with Gasteiger partial charge in [0, 0.05) is 43.3 Å². The topological polar surface area (TPSA) is 6.48 Å². The van der Waals surface area contributed by atoms with E-state index < -0.39 is 29.0 Å². The van der Waals surface area contributed by atoms with Crippen LogP contribution in [-0.2, 0) is 30.7 Å². The molecular weight excluding hydrogens is 526 g/mol. The van der Waals surface area contributed by atoms with E-state index in [2.05, 4.69) is 9.80 Å². The fourth-order valence-corrected chi connectivity index (χ4v) is 5.24. The number of alkyl halides is 6. The van der Waals surface area contributed by atoms with Crippen molar-refractivity contribution in [2.45, 2.75) is 37.7 Å². The molecule has 1 heterocycles. The van der Waals surface area contributed by atoms with Crippen molar-refractivity contribution in [1.29, 1.82) is 0 Å². The number of hydrogen-bond acceptors (Lipinski definition) is 2. The molecule has 1 saturated heterocycles. The van der Waals surface area contributed by atoms with Gasteiger partial charge in [0.25, 0.3) is 0 Å². The molecule has 0 spiro atoms. The van der Waals surface area contributed by atoms with Gasteiger partial charge in [-0.1, -0.05) is 54.1 Å². The molecule has 0 amide bonds. The molecule has 204 valence electrons. The summed E-state index contributed by atoms with van der Waals surface area (Å²) in [6.07, 6.45) is -8.89. The van der Waals surface area contributed by atoms with E-state index in [4.69, 9.17) is 11.6 Å². The fraction of sp³-hybridized carbons (Fsp3) is 0.379. The van der Waals surface area contributed by atoms with Crippen LogP contribution in [0.3, 0.4) is 0 Å². The average Bonchev–Trinajstić information content (AvgIpc) is 2.88. The first-order valence-electron chi connectivity index (χ1n) is 12.4. The third kappa shape index (κ3) is 6.90. The van der Waals surface area contributed by atoms with Gasteiger partial charge in [-0.3, -0.25) is 4.90 Å². The van der Waals surface area contributed by atoms with Crippen LogP contribution < -0.4 is 0 Å². The Morgan fingerprint density at radius 3 is 1.76 bits per heavy atom. The second-order valence-electron chi connectivity index (χ2n) is 9.94. The molecule has 2 nitrogen and oxygen atoms in total. The molecule has 1 unspecified atom stereocenters. The highest BCUT2D eigenvalue weighted by atomic mass is 35.5. The van der Waals surface area contributed by atoms with Crippen LogP contribution in [0.1, 0.15) is 34.7 Å². The molecule has 3 aromatic rings. The van der Waals surface area contributed by atoms with Crippen LogP contribution in [0.5, 0.6) is 0 Å². The van der Waals surface area contributed by atoms with E-state index in [-0.39, 0.29) is 18.1 Å². The summed E-state index contributed by atoms with van der Waals surface area (Å²) in [5.41, 5.74) is -1.34. The highest BCUT2D eigenvalue weighted by Gasteiger charge is 2.40. The van der Waals surface area contributed by atoms with Gasteiger partial charge in [-0.25, -0.2) is 0 Å². The van der Waals surface area contributed by atoms with Crippen molar-refractivity contribution in [1.82, 2.24) is 9.80 Å². The maximum Gasteiger partial charge on any atom is 0.416 e. The largest absolute Gasteiger partial charge is 0.416 e. The van der Waals surface area contributed by atoms with Crippen LogP contribution >= 0.6 is 11.6 Å². The van der Waals surface area contributed by atoms with Crippen molar-refractivity contribution < 1.29 is 26.3 Å². The summed E-state index contributed by atoms with van der Waals surface area (Å²) in [6, 6.07) is 18.9. The van der Waals surface area contributed by atoms with Crippen molar-refractivity contribution in [3.05, 3.63) is 106 Å². The van der Waals surface area contributed by atoms with Crippen molar-refractivity contribution in [3.8, 4) is 0 Å². The molecule has 4 rings (SSSR count). The molecule has 1 atom stereocenters. The Kier molecular flexibility index (Phi) is 8.45. The Hall–Kier alpha value is -2.55. The van der Waals surface area contributed by atoms with Crippen LogP contribution in [0.2, 0.25) is 5.02 Å². The Bertz CT molecular complexity index is 1170. The van der Waals surface area contributed by atoms with Gasteiger partial charge < -0.3 is 4.90 Å². The zero-order valence-electron chi connectivity index (χ0n) is 20.9. The van der Waals surface area contributed by atoms with Crippen LogP contribution in [-0.4, -0.2) is 42.5 Å². The summed E-state index contributed by atoms with van der Waals surface area (Å²) < 4.78 is 81.1. The lowest BCUT2D eigenvalue weighted by atomic mass is 9.82. The molecule has 0 radical (unpaired) electrons. The van der Waals surface area contributed by atoms with E-state index in [0.29, 0.717) is 18.1 Å². The lowest BCUT2D eigenvalue weighted by Crippen LogP contribution is -2.55. The van der Waals surface area contributed by atoms with Crippen LogP contribution in [0.25, 0.3) is 0 Å². The number of halogens is 7. The minimum atomic E-state index is -4.88. The lowest BCUT2D eigenvalue weighted by molar-refractivity contribution is -0.143. The third-order valence-corrected chi connectivity index (χ3v) is 7.54. The maximum atomic E-state index is 13.5. The molecular formula is C29H29ClF6N2. The molecule has 0 bridgehead atoms. The smallest absolute Gasteiger partial charge is 0.300 e. The van der Waals surface area contributed by atoms with Gasteiger partial charge in [0.2, 0.25) is 0 Å². The molecule has 0 N–H and O–H groups in total. The normalized spacial score (nSPS) is 17.4. The minimum Gasteiger partial charge on any atom is -0.300 e. The zero-order valence-corrected chi connectivity index (χ0v) is 21.7. The van der Waals surface area contributed by atoms with Gasteiger partial charge in [0.15, 0.2) is 0 Å². The molecule has 1 aliphatic heterocycles. The summed E-state index contributed by atoms with van der Waals surface area (Å²) in [5, 5.41) is 0.686. The second kappa shape index (κ2) is 11.3. The van der Waals surface area contributed by atoms with E-state index in [0.717, 1.165) is 43.8 Å². The number of rotatable bonds is 7. The fourth-order valence-electron chi connectivity index (χ4n) is 5.12. The van der Waals surface area contributed by atoms with Crippen LogP contribution in [0, 0.1) is 0 Å². The first-order chi connectivity index (χ1) is 17.8. The monoisotopic (exact) mass is 554 g/mol. The Morgan fingerprint density at radius 2 is 1.24 bits per heavy atom. The molecule has 0 aliphatic carbocycles. The standard InChI is InChI=1S/C29H29ClF6N2/c1-27(23-5-3-2-4-6-23,20-22-17-24(28(31,32)33)19-25(18-22)29(34,35)36)38-15-13-37(14-16-38)12-11-21-7-9-26(30)10-8-21/h2-10,17-19H,11-16,20H2,1H3. The number of piperazine rings is 1. The first-order valence-corrected chi connectivity index (χ1v) is 12.8. The van der Waals surface area contributed by atoms with E-state index in [1.807, 2.05) is 61.5 Å². The molecule has 1 fully saturated rings. The van der Waals surface area contributed by atoms with Gasteiger partial charge in [-0.05, 0) is 66.8 Å². The summed E-state index contributed by atoms with van der Waals surface area (Å²) >= 11 is 5.96. The predicted molar refractivity (Wildman–Crippen MR) is 137 cm³/mol. The van der Waals surface area contributed by atoms with Crippen molar-refractivity contribution in [2.75, 3.05) is 32.7 Å². The van der Waals surface area contributed by atoms with Crippen molar-refractivity contribution in [3.63, 3.8) is 0 Å². The third-order valence-electron chi connectivity index (χ3n) is 7.29. The number of nitrogens with zero attached hydrogens (tertiary/aromatic N) is 2. The number of hydrogen-bond donors (Lipinski definition) is 0. The molecule has 38 heavy (non-hydrogen) atoms. The molecule has 3 aromatic carbocycles. The van der Waals surface area contributed by atoms with E-state index in [1.54, 1.807) is 0 Å². The Labute approximate surface area is 223 Å². The molecule has 9 heteroatoms. The number of benzene rings is 3. The van der Waals surface area contributed by atoms with Crippen molar-refractivity contribution >= 4 is 11.6 Å². The highest BCUT2D eigenvalue weighted by Crippen LogP contribution is 2.39. The Morgan fingerprint density at radius 1 is 0.684 bits per heavy atom. The summed E-state index contributed by atoms with van der Waals surface area (Å²) in [4.78, 5) is 4.50. The first kappa shape index (κ1) is 28.5. The van der Waals surface area contributed by atoms with Gasteiger partial charge in [0.1, 0.15) is 0 Å². The van der Waals surface area contributed by atoms with Gasteiger partial charge in [-0.2, -0.15) is 26.3 Å². The van der Waals surface area contributed by atoms with E-state index in [9.17, 15) is 26.3 Å². The van der Waals surface area contributed by atoms with Gasteiger partial charge in [-0.15, -0.1) is 0 Å². The van der Waals surface area contributed by atoms with E-state index >= 15 is 0 Å². The molecule has 1 aliphatic rings. The summed E-state index contributed by atoms with van der Waals surface area (Å²) in [6.45, 7) is 5.51. The minimum absolute atomic E-state index is 0.00340. The average molecular weight is 555 g/mol. The zero-order chi connectivity index (χ0) is 27.6. The van der Waals surface area contributed by atoms with Crippen molar-refractivity contribution in [2.24, 2.45) is 0 Å². The Balaban J connectivity index is 1.56. The highest BCUT2D eigenvalue weighted by molar-refractivity contribution is 6.30. The van der Waals surface area contributed by atoms with Crippen LogP contribution in [0.4, 0.5) is 26.3 Å². The van der Waals surface area contributed by atoms with Gasteiger partial charge in [0.05, 0.1) is 11.1 Å². The SMILES string of the molecule is CC(Cc1cc(C(F)(F)F)cc(C(F)(F)F)c1)(c1ccccc1)N1CCN(CCc2ccc(Cl)cc2)CC1. The lowest BCUT2D eigenvalue weighted by Gasteiger charge is -2.46. The van der Waals surface area contributed by atoms with E-state index in [1.165, 1.54) is 5.56 Å². The van der Waals surface area contributed by atoms with Gasteiger partial charge >= 0.3 is 12.4 Å². The second-order valence-corrected chi connectivity index (χ2v) is 10.4. The van der Waals surface area contributed by atoms with Crippen LogP contribution in [0.15, 0.2) is 72.8 Å². The molecule has 0 aromatic heterocycles. The summed E-state index contributed by atoms with van der Waals surface area (Å²) in [5.74, 6) is 0. The summed E-state index contributed by atoms with van der Waals surface area (Å²) in [7, 11) is 0. The maximum absolute atomic E-state index is 13.5.